The fraction of sp³-hybridized carbons (Fsp3) is 0. The number of anilines is 1. The van der Waals surface area contributed by atoms with Crippen LogP contribution in [0.5, 0.6) is 0 Å². The first-order chi connectivity index (χ1) is 4.86. The number of fused-ring (bicyclic) bond motifs is 1. The molecule has 0 atom stereocenters. The van der Waals surface area contributed by atoms with Crippen LogP contribution in [0.4, 0.5) is 11.5 Å². The van der Waals surface area contributed by atoms with E-state index in [2.05, 4.69) is 15.3 Å². The lowest BCUT2D eigenvalue weighted by molar-refractivity contribution is 1.18. The van der Waals surface area contributed by atoms with Crippen LogP contribution in [-0.2, 0) is 0 Å². The Morgan fingerprint density at radius 2 is 2.30 bits per heavy atom. The molecule has 0 aromatic carbocycles. The maximum atomic E-state index is 10.7. The van der Waals surface area contributed by atoms with Gasteiger partial charge < -0.3 is 0 Å². The van der Waals surface area contributed by atoms with Crippen LogP contribution >= 0.6 is 0 Å². The van der Waals surface area contributed by atoms with Crippen molar-refractivity contribution in [2.24, 2.45) is 0 Å². The molecule has 1 aromatic rings. The third-order valence-electron chi connectivity index (χ3n) is 1.31. The topological polar surface area (TPSA) is 59.0 Å². The summed E-state index contributed by atoms with van der Waals surface area (Å²) in [4.78, 5) is 17.1. The van der Waals surface area contributed by atoms with Gasteiger partial charge in [0.1, 0.15) is 0 Å². The minimum absolute atomic E-state index is 0.125. The summed E-state index contributed by atoms with van der Waals surface area (Å²) in [6.07, 6.45) is 1.54. The number of H-pyrrole nitrogens is 1. The summed E-state index contributed by atoms with van der Waals surface area (Å²) >= 11 is 0. The summed E-state index contributed by atoms with van der Waals surface area (Å²) < 4.78 is 0. The Labute approximate surface area is 56.6 Å². The maximum Gasteiger partial charge on any atom is 0.304 e. The average molecular weight is 135 g/mol. The minimum Gasteiger partial charge on any atom is -0.271 e. The molecular formula is C6H5N3O+. The summed E-state index contributed by atoms with van der Waals surface area (Å²) in [5, 5.41) is 2.87. The second kappa shape index (κ2) is 1.70. The predicted octanol–water partition coefficient (Wildman–Crippen LogP) is -0.204. The summed E-state index contributed by atoms with van der Waals surface area (Å²) in [5.41, 5.74) is 0.721. The van der Waals surface area contributed by atoms with Crippen LogP contribution in [0.25, 0.3) is 0 Å². The first-order valence-electron chi connectivity index (χ1n) is 2.89. The van der Waals surface area contributed by atoms with Crippen LogP contribution in [0, 0.1) is 0 Å². The lowest BCUT2D eigenvalue weighted by Crippen LogP contribution is -2.02. The van der Waals surface area contributed by atoms with Crippen molar-refractivity contribution >= 4 is 17.8 Å². The molecule has 1 radical (unpaired) electrons. The third-order valence-corrected chi connectivity index (χ3v) is 1.31. The Balaban J connectivity index is 2.71. The molecule has 0 fully saturated rings. The SMILES string of the molecule is O=c1ccc2c([nH]1)[N+]=CN2. The molecule has 1 aliphatic heterocycles. The van der Waals surface area contributed by atoms with E-state index >= 15 is 0 Å². The van der Waals surface area contributed by atoms with Gasteiger partial charge in [-0.15, -0.1) is 0 Å². The quantitative estimate of drug-likeness (QED) is 0.517. The number of hydrogen-bond acceptors (Lipinski definition) is 3. The van der Waals surface area contributed by atoms with Gasteiger partial charge in [-0.2, -0.15) is 0 Å². The molecule has 1 aromatic heterocycles. The summed E-state index contributed by atoms with van der Waals surface area (Å²) in [6, 6.07) is 3.15. The molecule has 0 unspecified atom stereocenters. The fourth-order valence-electron chi connectivity index (χ4n) is 0.848. The molecule has 2 N–H and O–H groups in total. The smallest absolute Gasteiger partial charge is 0.271 e. The highest BCUT2D eigenvalue weighted by Gasteiger charge is 2.13. The number of nitrogens with zero attached hydrogens (tertiary/aromatic N) is 1. The van der Waals surface area contributed by atoms with Gasteiger partial charge in [-0.1, -0.05) is 4.99 Å². The number of aromatic amines is 1. The van der Waals surface area contributed by atoms with Gasteiger partial charge in [0.05, 0.1) is 0 Å². The molecule has 0 saturated carbocycles. The van der Waals surface area contributed by atoms with Gasteiger partial charge in [0, 0.05) is 6.07 Å². The van der Waals surface area contributed by atoms with Crippen LogP contribution in [0.1, 0.15) is 0 Å². The van der Waals surface area contributed by atoms with Crippen molar-refractivity contribution in [3.63, 3.8) is 0 Å². The normalized spacial score (nSPS) is 12.8. The Bertz CT molecular complexity index is 339. The molecule has 0 amide bonds. The number of nitrogens with one attached hydrogen (secondary N) is 2. The molecule has 0 saturated heterocycles. The van der Waals surface area contributed by atoms with Crippen LogP contribution in [0.2, 0.25) is 0 Å². The van der Waals surface area contributed by atoms with Gasteiger partial charge in [-0.3, -0.25) is 10.1 Å². The molecule has 4 heteroatoms. The Morgan fingerprint density at radius 3 is 3.20 bits per heavy atom. The van der Waals surface area contributed by atoms with Gasteiger partial charge >= 0.3 is 11.4 Å². The third kappa shape index (κ3) is 0.621. The highest BCUT2D eigenvalue weighted by molar-refractivity contribution is 5.87. The average Bonchev–Trinajstić information content (AvgIpc) is 2.33. The lowest BCUT2D eigenvalue weighted by Gasteiger charge is -1.84. The van der Waals surface area contributed by atoms with Crippen molar-refractivity contribution in [2.45, 2.75) is 0 Å². The Kier molecular flexibility index (Phi) is 0.887. The monoisotopic (exact) mass is 135 g/mol. The van der Waals surface area contributed by atoms with Crippen LogP contribution in [0.15, 0.2) is 16.9 Å². The van der Waals surface area contributed by atoms with E-state index in [4.69, 9.17) is 0 Å². The molecule has 10 heavy (non-hydrogen) atoms. The minimum atomic E-state index is -0.125. The molecule has 2 rings (SSSR count). The number of rotatable bonds is 0. The van der Waals surface area contributed by atoms with Gasteiger partial charge in [0.2, 0.25) is 6.34 Å². The number of aliphatic imine (C=N–C) groups is 1. The van der Waals surface area contributed by atoms with Crippen molar-refractivity contribution in [1.29, 1.82) is 0 Å². The van der Waals surface area contributed by atoms with E-state index in [9.17, 15) is 4.79 Å². The molecule has 0 aliphatic carbocycles. The van der Waals surface area contributed by atoms with E-state index < -0.39 is 0 Å². The summed E-state index contributed by atoms with van der Waals surface area (Å²) in [5.74, 6) is 0.604. The lowest BCUT2D eigenvalue weighted by atomic mass is 10.4. The number of pyridine rings is 1. The zero-order valence-electron chi connectivity index (χ0n) is 5.09. The van der Waals surface area contributed by atoms with E-state index in [0.29, 0.717) is 5.82 Å². The van der Waals surface area contributed by atoms with E-state index in [1.165, 1.54) is 6.07 Å². The van der Waals surface area contributed by atoms with Crippen molar-refractivity contribution < 1.29 is 0 Å². The van der Waals surface area contributed by atoms with E-state index in [1.807, 2.05) is 0 Å². The van der Waals surface area contributed by atoms with Crippen molar-refractivity contribution in [3.05, 3.63) is 22.5 Å². The molecule has 2 heterocycles. The molecule has 4 nitrogen and oxygen atoms in total. The highest BCUT2D eigenvalue weighted by atomic mass is 16.1. The van der Waals surface area contributed by atoms with E-state index in [-0.39, 0.29) is 5.56 Å². The first-order valence-corrected chi connectivity index (χ1v) is 2.89. The largest absolute Gasteiger partial charge is 0.304 e. The number of aromatic nitrogens is 1. The summed E-state index contributed by atoms with van der Waals surface area (Å²) in [6.45, 7) is 0. The Hall–Kier alpha value is -1.58. The summed E-state index contributed by atoms with van der Waals surface area (Å²) in [7, 11) is 0. The molecular weight excluding hydrogens is 130 g/mol. The maximum absolute atomic E-state index is 10.7. The van der Waals surface area contributed by atoms with Crippen molar-refractivity contribution in [3.8, 4) is 0 Å². The van der Waals surface area contributed by atoms with Crippen LogP contribution < -0.4 is 15.9 Å². The van der Waals surface area contributed by atoms with Gasteiger partial charge in [0.15, 0.2) is 5.69 Å². The second-order valence-electron chi connectivity index (χ2n) is 1.99. The Morgan fingerprint density at radius 1 is 1.40 bits per heavy atom. The standard InChI is InChI=1S/C6H5N3O/c10-5-2-1-4-6(9-5)8-3-7-4/h1-3,7H,(H,9,10)/q+1. The first kappa shape index (κ1) is 5.22. The van der Waals surface area contributed by atoms with E-state index in [1.54, 1.807) is 12.4 Å². The predicted molar refractivity (Wildman–Crippen MR) is 38.5 cm³/mol. The van der Waals surface area contributed by atoms with E-state index in [0.717, 1.165) is 5.69 Å². The highest BCUT2D eigenvalue weighted by Crippen LogP contribution is 2.16. The van der Waals surface area contributed by atoms with Gasteiger partial charge in [-0.25, -0.2) is 4.98 Å². The van der Waals surface area contributed by atoms with Crippen molar-refractivity contribution in [1.82, 2.24) is 9.98 Å². The molecule has 1 aliphatic rings. The zero-order valence-corrected chi connectivity index (χ0v) is 5.09. The van der Waals surface area contributed by atoms with Gasteiger partial charge in [0.25, 0.3) is 0 Å². The molecule has 49 valence electrons. The molecule has 0 bridgehead atoms. The van der Waals surface area contributed by atoms with Crippen molar-refractivity contribution in [2.75, 3.05) is 5.32 Å². The number of hydrogen-bond donors (Lipinski definition) is 2. The van der Waals surface area contributed by atoms with Crippen LogP contribution in [0.3, 0.4) is 0 Å². The molecule has 0 spiro atoms. The fourth-order valence-corrected chi connectivity index (χ4v) is 0.848. The van der Waals surface area contributed by atoms with Gasteiger partial charge in [-0.05, 0) is 6.07 Å². The second-order valence-corrected chi connectivity index (χ2v) is 1.99. The van der Waals surface area contributed by atoms with Crippen LogP contribution in [-0.4, -0.2) is 11.3 Å². The zero-order chi connectivity index (χ0) is 6.97.